The van der Waals surface area contributed by atoms with Crippen molar-refractivity contribution in [3.63, 3.8) is 0 Å². The van der Waals surface area contributed by atoms with Crippen LogP contribution >= 0.6 is 0 Å². The maximum absolute atomic E-state index is 11.8. The Hall–Kier alpha value is -1.36. The van der Waals surface area contributed by atoms with Crippen LogP contribution < -0.4 is 16.6 Å². The van der Waals surface area contributed by atoms with Gasteiger partial charge in [0.25, 0.3) is 5.56 Å². The molecule has 0 aromatic carbocycles. The summed E-state index contributed by atoms with van der Waals surface area (Å²) in [7, 11) is 3.19. The van der Waals surface area contributed by atoms with E-state index < -0.39 is 0 Å². The van der Waals surface area contributed by atoms with Gasteiger partial charge < -0.3 is 5.32 Å². The summed E-state index contributed by atoms with van der Waals surface area (Å²) < 4.78 is 2.64. The lowest BCUT2D eigenvalue weighted by atomic mass is 9.95. The van der Waals surface area contributed by atoms with Crippen LogP contribution in [-0.2, 0) is 20.6 Å². The summed E-state index contributed by atoms with van der Waals surface area (Å²) in [6, 6.07) is 1.89. The Kier molecular flexibility index (Phi) is 5.54. The molecule has 0 bridgehead atoms. The summed E-state index contributed by atoms with van der Waals surface area (Å²) in [5.41, 5.74) is 0.195. The van der Waals surface area contributed by atoms with E-state index >= 15 is 0 Å². The van der Waals surface area contributed by atoms with Crippen molar-refractivity contribution in [2.24, 2.45) is 20.0 Å². The number of nitrogens with one attached hydrogen (secondary N) is 1. The molecule has 1 unspecified atom stereocenters. The second-order valence-corrected chi connectivity index (χ2v) is 5.12. The number of aromatic nitrogens is 2. The minimum absolute atomic E-state index is 0.255. The van der Waals surface area contributed by atoms with E-state index in [1.807, 2.05) is 0 Å². The van der Waals surface area contributed by atoms with Crippen LogP contribution in [0.25, 0.3) is 0 Å². The van der Waals surface area contributed by atoms with Gasteiger partial charge >= 0.3 is 5.69 Å². The smallest absolute Gasteiger partial charge is 0.308 e. The summed E-state index contributed by atoms with van der Waals surface area (Å²) >= 11 is 0. The monoisotopic (exact) mass is 267 g/mol. The molecule has 5 heteroatoms. The summed E-state index contributed by atoms with van der Waals surface area (Å²) in [6.45, 7) is 7.05. The number of hydrogen-bond acceptors (Lipinski definition) is 3. The van der Waals surface area contributed by atoms with Gasteiger partial charge in [0.2, 0.25) is 0 Å². The van der Waals surface area contributed by atoms with Crippen LogP contribution in [-0.4, -0.2) is 15.2 Å². The van der Waals surface area contributed by atoms with Gasteiger partial charge in [0.05, 0.1) is 0 Å². The lowest BCUT2D eigenvalue weighted by molar-refractivity contribution is 0.349. The third-order valence-corrected chi connectivity index (χ3v) is 3.99. The standard InChI is InChI=1S/C14H25N3O2/c1-6-11(7-2)10(3)15-9-12-8-13(18)17(5)14(19)16(12)4/h8,10-11,15H,6-7,9H2,1-5H3. The molecule has 0 radical (unpaired) electrons. The van der Waals surface area contributed by atoms with Gasteiger partial charge in [-0.05, 0) is 12.8 Å². The maximum Gasteiger partial charge on any atom is 0.330 e. The average molecular weight is 267 g/mol. The first kappa shape index (κ1) is 15.7. The van der Waals surface area contributed by atoms with Crippen molar-refractivity contribution in [1.82, 2.24) is 14.5 Å². The molecule has 0 saturated heterocycles. The van der Waals surface area contributed by atoms with Crippen molar-refractivity contribution in [2.45, 2.75) is 46.2 Å². The molecule has 1 aromatic rings. The highest BCUT2D eigenvalue weighted by molar-refractivity contribution is 5.02. The zero-order valence-corrected chi connectivity index (χ0v) is 12.6. The first-order chi connectivity index (χ1) is 8.92. The Bertz CT molecular complexity index is 526. The topological polar surface area (TPSA) is 56.0 Å². The molecule has 5 nitrogen and oxygen atoms in total. The second-order valence-electron chi connectivity index (χ2n) is 5.12. The lowest BCUT2D eigenvalue weighted by Gasteiger charge is -2.23. The van der Waals surface area contributed by atoms with E-state index in [-0.39, 0.29) is 11.2 Å². The normalized spacial score (nSPS) is 12.9. The van der Waals surface area contributed by atoms with Gasteiger partial charge in [0, 0.05) is 38.4 Å². The maximum atomic E-state index is 11.8. The minimum Gasteiger partial charge on any atom is -0.308 e. The van der Waals surface area contributed by atoms with Crippen molar-refractivity contribution in [1.29, 1.82) is 0 Å². The van der Waals surface area contributed by atoms with Gasteiger partial charge in [-0.25, -0.2) is 4.79 Å². The largest absolute Gasteiger partial charge is 0.330 e. The fourth-order valence-electron chi connectivity index (χ4n) is 2.38. The number of rotatable bonds is 6. The van der Waals surface area contributed by atoms with Gasteiger partial charge in [-0.15, -0.1) is 0 Å². The Labute approximate surface area is 114 Å². The van der Waals surface area contributed by atoms with Crippen molar-refractivity contribution in [3.05, 3.63) is 32.6 Å². The molecule has 0 aliphatic carbocycles. The molecule has 108 valence electrons. The van der Waals surface area contributed by atoms with Crippen molar-refractivity contribution < 1.29 is 0 Å². The molecule has 1 atom stereocenters. The summed E-state index contributed by atoms with van der Waals surface area (Å²) in [5.74, 6) is 0.614. The average Bonchev–Trinajstić information content (AvgIpc) is 2.40. The second kappa shape index (κ2) is 6.70. The molecule has 19 heavy (non-hydrogen) atoms. The molecule has 0 spiro atoms. The van der Waals surface area contributed by atoms with Gasteiger partial charge in [0.15, 0.2) is 0 Å². The molecule has 0 aliphatic heterocycles. The molecule has 1 N–H and O–H groups in total. The van der Waals surface area contributed by atoms with Gasteiger partial charge in [0.1, 0.15) is 0 Å². The van der Waals surface area contributed by atoms with Crippen LogP contribution in [0.5, 0.6) is 0 Å². The zero-order chi connectivity index (χ0) is 14.6. The van der Waals surface area contributed by atoms with Crippen LogP contribution in [0.2, 0.25) is 0 Å². The summed E-state index contributed by atoms with van der Waals surface area (Å²) in [4.78, 5) is 23.4. The molecular weight excluding hydrogens is 242 g/mol. The van der Waals surface area contributed by atoms with Crippen molar-refractivity contribution >= 4 is 0 Å². The van der Waals surface area contributed by atoms with E-state index in [1.54, 1.807) is 7.05 Å². The summed E-state index contributed by atoms with van der Waals surface area (Å²) in [5, 5.41) is 3.41. The Morgan fingerprint density at radius 1 is 1.16 bits per heavy atom. The Morgan fingerprint density at radius 2 is 1.74 bits per heavy atom. The zero-order valence-electron chi connectivity index (χ0n) is 12.6. The van der Waals surface area contributed by atoms with E-state index in [1.165, 1.54) is 17.7 Å². The fourth-order valence-corrected chi connectivity index (χ4v) is 2.38. The van der Waals surface area contributed by atoms with Gasteiger partial charge in [-0.1, -0.05) is 26.7 Å². The Morgan fingerprint density at radius 3 is 2.26 bits per heavy atom. The third kappa shape index (κ3) is 3.56. The van der Waals surface area contributed by atoms with Crippen molar-refractivity contribution in [3.8, 4) is 0 Å². The summed E-state index contributed by atoms with van der Waals surface area (Å²) in [6.07, 6.45) is 2.25. The highest BCUT2D eigenvalue weighted by Gasteiger charge is 2.13. The van der Waals surface area contributed by atoms with E-state index in [2.05, 4.69) is 26.1 Å². The highest BCUT2D eigenvalue weighted by Crippen LogP contribution is 2.12. The van der Waals surface area contributed by atoms with Crippen LogP contribution in [0.1, 0.15) is 39.3 Å². The van der Waals surface area contributed by atoms with Gasteiger partial charge in [-0.3, -0.25) is 13.9 Å². The van der Waals surface area contributed by atoms with Crippen molar-refractivity contribution in [2.75, 3.05) is 0 Å². The predicted molar refractivity (Wildman–Crippen MR) is 77.3 cm³/mol. The lowest BCUT2D eigenvalue weighted by Crippen LogP contribution is -2.40. The third-order valence-electron chi connectivity index (χ3n) is 3.99. The molecule has 1 rings (SSSR count). The van der Waals surface area contributed by atoms with E-state index in [0.717, 1.165) is 23.1 Å². The first-order valence-corrected chi connectivity index (χ1v) is 6.91. The number of hydrogen-bond donors (Lipinski definition) is 1. The highest BCUT2D eigenvalue weighted by atomic mass is 16.2. The SMILES string of the molecule is CCC(CC)C(C)NCc1cc(=O)n(C)c(=O)n1C. The number of nitrogens with zero attached hydrogens (tertiary/aromatic N) is 2. The van der Waals surface area contributed by atoms with Gasteiger partial charge in [-0.2, -0.15) is 0 Å². The van der Waals surface area contributed by atoms with E-state index in [4.69, 9.17) is 0 Å². The van der Waals surface area contributed by atoms with E-state index in [0.29, 0.717) is 18.5 Å². The van der Waals surface area contributed by atoms with Crippen LogP contribution in [0.3, 0.4) is 0 Å². The quantitative estimate of drug-likeness (QED) is 0.836. The minimum atomic E-state index is -0.278. The molecule has 0 fully saturated rings. The first-order valence-electron chi connectivity index (χ1n) is 6.91. The molecule has 0 aliphatic rings. The molecule has 1 aromatic heterocycles. The molecule has 0 amide bonds. The molecular formula is C14H25N3O2. The molecule has 1 heterocycles. The Balaban J connectivity index is 2.85. The fraction of sp³-hybridized carbons (Fsp3) is 0.714. The van der Waals surface area contributed by atoms with Crippen LogP contribution in [0.15, 0.2) is 15.7 Å². The van der Waals surface area contributed by atoms with E-state index in [9.17, 15) is 9.59 Å². The predicted octanol–water partition coefficient (Wildman–Crippen LogP) is 0.998. The molecule has 0 saturated carbocycles. The van der Waals surface area contributed by atoms with Crippen LogP contribution in [0, 0.1) is 5.92 Å². The van der Waals surface area contributed by atoms with Crippen LogP contribution in [0.4, 0.5) is 0 Å².